The van der Waals surface area contributed by atoms with E-state index < -0.39 is 0 Å². The van der Waals surface area contributed by atoms with Crippen LogP contribution in [0.2, 0.25) is 0 Å². The molecule has 1 heterocycles. The molecular formula is C19H20N2. The molecule has 0 saturated heterocycles. The summed E-state index contributed by atoms with van der Waals surface area (Å²) in [6.45, 7) is 0. The first kappa shape index (κ1) is 13.6. The van der Waals surface area contributed by atoms with Gasteiger partial charge in [-0.1, -0.05) is 54.6 Å². The Balaban J connectivity index is 1.58. The zero-order valence-electron chi connectivity index (χ0n) is 12.1. The van der Waals surface area contributed by atoms with Crippen molar-refractivity contribution in [1.82, 2.24) is 9.97 Å². The van der Waals surface area contributed by atoms with Crippen LogP contribution in [0.25, 0.3) is 0 Å². The molecule has 0 atom stereocenters. The lowest BCUT2D eigenvalue weighted by Crippen LogP contribution is -1.93. The van der Waals surface area contributed by atoms with E-state index in [1.807, 2.05) is 6.20 Å². The van der Waals surface area contributed by atoms with Gasteiger partial charge in [-0.2, -0.15) is 0 Å². The number of imidazole rings is 1. The second-order valence-electron chi connectivity index (χ2n) is 5.41. The van der Waals surface area contributed by atoms with E-state index in [1.165, 1.54) is 22.4 Å². The minimum Gasteiger partial charge on any atom is -0.348 e. The van der Waals surface area contributed by atoms with Crippen LogP contribution in [0.4, 0.5) is 0 Å². The quantitative estimate of drug-likeness (QED) is 0.719. The third-order valence-electron chi connectivity index (χ3n) is 3.71. The van der Waals surface area contributed by atoms with Crippen LogP contribution < -0.4 is 0 Å². The third kappa shape index (κ3) is 4.06. The average Bonchev–Trinajstić information content (AvgIpc) is 3.02. The van der Waals surface area contributed by atoms with Crippen LogP contribution >= 0.6 is 0 Å². The second kappa shape index (κ2) is 6.89. The number of hydrogen-bond acceptors (Lipinski definition) is 1. The molecule has 0 unspecified atom stereocenters. The highest BCUT2D eigenvalue weighted by Gasteiger charge is 2.00. The van der Waals surface area contributed by atoms with E-state index in [0.717, 1.165) is 25.7 Å². The zero-order valence-corrected chi connectivity index (χ0v) is 12.1. The molecule has 106 valence electrons. The molecule has 0 amide bonds. The van der Waals surface area contributed by atoms with Gasteiger partial charge in [0.2, 0.25) is 0 Å². The van der Waals surface area contributed by atoms with Crippen molar-refractivity contribution >= 4 is 0 Å². The predicted molar refractivity (Wildman–Crippen MR) is 86.3 cm³/mol. The highest BCUT2D eigenvalue weighted by molar-refractivity contribution is 5.29. The number of aromatic amines is 1. The first-order chi connectivity index (χ1) is 10.4. The van der Waals surface area contributed by atoms with Gasteiger partial charge in [0.1, 0.15) is 0 Å². The Labute approximate surface area is 125 Å². The normalized spacial score (nSPS) is 10.7. The predicted octanol–water partition coefficient (Wildman–Crippen LogP) is 4.18. The van der Waals surface area contributed by atoms with Gasteiger partial charge in [0.25, 0.3) is 0 Å². The van der Waals surface area contributed by atoms with E-state index in [2.05, 4.69) is 64.6 Å². The maximum Gasteiger partial charge on any atom is 0.0921 e. The fraction of sp³-hybridized carbons (Fsp3) is 0.211. The molecule has 1 N–H and O–H groups in total. The van der Waals surface area contributed by atoms with E-state index in [9.17, 15) is 0 Å². The molecule has 0 aliphatic heterocycles. The number of H-pyrrole nitrogens is 1. The minimum absolute atomic E-state index is 1.01. The van der Waals surface area contributed by atoms with Gasteiger partial charge in [0.05, 0.1) is 6.33 Å². The molecule has 2 aromatic carbocycles. The molecule has 0 radical (unpaired) electrons. The summed E-state index contributed by atoms with van der Waals surface area (Å²) in [5.74, 6) is 0. The summed E-state index contributed by atoms with van der Waals surface area (Å²) >= 11 is 0. The molecule has 1 aromatic heterocycles. The Kier molecular flexibility index (Phi) is 4.47. The Morgan fingerprint density at radius 1 is 0.810 bits per heavy atom. The van der Waals surface area contributed by atoms with E-state index in [4.69, 9.17) is 0 Å². The van der Waals surface area contributed by atoms with Crippen LogP contribution in [0, 0.1) is 0 Å². The lowest BCUT2D eigenvalue weighted by molar-refractivity contribution is 0.803. The highest BCUT2D eigenvalue weighted by atomic mass is 14.9. The summed E-state index contributed by atoms with van der Waals surface area (Å²) in [5.41, 5.74) is 5.39. The molecule has 3 rings (SSSR count). The van der Waals surface area contributed by atoms with Crippen LogP contribution in [0.3, 0.4) is 0 Å². The van der Waals surface area contributed by atoms with Crippen LogP contribution in [-0.4, -0.2) is 9.97 Å². The van der Waals surface area contributed by atoms with Crippen molar-refractivity contribution in [2.24, 2.45) is 0 Å². The van der Waals surface area contributed by atoms with Gasteiger partial charge in [-0.15, -0.1) is 0 Å². The number of aryl methyl sites for hydroxylation is 2. The van der Waals surface area contributed by atoms with Gasteiger partial charge >= 0.3 is 0 Å². The SMILES string of the molecule is c1ccc(Cc2cccc(CCCc3cnc[nH]3)c2)cc1. The number of nitrogens with one attached hydrogen (secondary N) is 1. The number of rotatable bonds is 6. The largest absolute Gasteiger partial charge is 0.348 e. The van der Waals surface area contributed by atoms with E-state index >= 15 is 0 Å². The van der Waals surface area contributed by atoms with Gasteiger partial charge in [0, 0.05) is 11.9 Å². The van der Waals surface area contributed by atoms with Crippen LogP contribution in [0.15, 0.2) is 67.1 Å². The highest BCUT2D eigenvalue weighted by Crippen LogP contribution is 2.13. The second-order valence-corrected chi connectivity index (χ2v) is 5.41. The van der Waals surface area contributed by atoms with Crippen molar-refractivity contribution in [3.63, 3.8) is 0 Å². The molecule has 0 fully saturated rings. The van der Waals surface area contributed by atoms with E-state index in [0.29, 0.717) is 0 Å². The van der Waals surface area contributed by atoms with E-state index in [1.54, 1.807) is 6.33 Å². The third-order valence-corrected chi connectivity index (χ3v) is 3.71. The Morgan fingerprint density at radius 3 is 2.43 bits per heavy atom. The summed E-state index contributed by atoms with van der Waals surface area (Å²) in [6.07, 6.45) is 7.98. The molecule has 2 heteroatoms. The van der Waals surface area contributed by atoms with Crippen molar-refractivity contribution in [2.75, 3.05) is 0 Å². The lowest BCUT2D eigenvalue weighted by atomic mass is 10.0. The van der Waals surface area contributed by atoms with Gasteiger partial charge in [-0.25, -0.2) is 4.98 Å². The van der Waals surface area contributed by atoms with Crippen molar-refractivity contribution in [3.05, 3.63) is 89.5 Å². The van der Waals surface area contributed by atoms with Crippen LogP contribution in [0.1, 0.15) is 28.8 Å². The Bertz CT molecular complexity index is 657. The molecule has 0 saturated carbocycles. The summed E-state index contributed by atoms with van der Waals surface area (Å²) in [7, 11) is 0. The summed E-state index contributed by atoms with van der Waals surface area (Å²) in [5, 5.41) is 0. The smallest absolute Gasteiger partial charge is 0.0921 e. The first-order valence-corrected chi connectivity index (χ1v) is 7.49. The van der Waals surface area contributed by atoms with Crippen molar-refractivity contribution in [2.45, 2.75) is 25.7 Å². The van der Waals surface area contributed by atoms with Crippen molar-refractivity contribution < 1.29 is 0 Å². The standard InChI is InChI=1S/C19H20N2/c1-2-6-16(7-3-1)12-18-10-4-8-17(13-18)9-5-11-19-14-20-15-21-19/h1-4,6-8,10,13-15H,5,9,11-12H2,(H,20,21). The Hall–Kier alpha value is -2.35. The number of benzene rings is 2. The van der Waals surface area contributed by atoms with Gasteiger partial charge < -0.3 is 4.98 Å². The monoisotopic (exact) mass is 276 g/mol. The van der Waals surface area contributed by atoms with E-state index in [-0.39, 0.29) is 0 Å². The molecule has 0 bridgehead atoms. The molecule has 0 spiro atoms. The Morgan fingerprint density at radius 2 is 1.62 bits per heavy atom. The topological polar surface area (TPSA) is 28.7 Å². The molecular weight excluding hydrogens is 256 g/mol. The molecule has 0 aliphatic rings. The van der Waals surface area contributed by atoms with Crippen molar-refractivity contribution in [3.8, 4) is 0 Å². The molecule has 3 aromatic rings. The maximum absolute atomic E-state index is 4.05. The number of hydrogen-bond donors (Lipinski definition) is 1. The van der Waals surface area contributed by atoms with Crippen molar-refractivity contribution in [1.29, 1.82) is 0 Å². The number of aromatic nitrogens is 2. The summed E-state index contributed by atoms with van der Waals surface area (Å²) < 4.78 is 0. The number of nitrogens with zero attached hydrogens (tertiary/aromatic N) is 1. The summed E-state index contributed by atoms with van der Waals surface area (Å²) in [4.78, 5) is 7.21. The fourth-order valence-electron chi connectivity index (χ4n) is 2.63. The van der Waals surface area contributed by atoms with Gasteiger partial charge in [-0.3, -0.25) is 0 Å². The fourth-order valence-corrected chi connectivity index (χ4v) is 2.63. The first-order valence-electron chi connectivity index (χ1n) is 7.49. The average molecular weight is 276 g/mol. The van der Waals surface area contributed by atoms with Crippen LogP contribution in [-0.2, 0) is 19.3 Å². The van der Waals surface area contributed by atoms with Gasteiger partial charge in [-0.05, 0) is 42.4 Å². The summed E-state index contributed by atoms with van der Waals surface area (Å²) in [6, 6.07) is 19.6. The maximum atomic E-state index is 4.05. The lowest BCUT2D eigenvalue weighted by Gasteiger charge is -2.06. The minimum atomic E-state index is 1.01. The van der Waals surface area contributed by atoms with Crippen LogP contribution in [0.5, 0.6) is 0 Å². The molecule has 21 heavy (non-hydrogen) atoms. The zero-order chi connectivity index (χ0) is 14.3. The van der Waals surface area contributed by atoms with Gasteiger partial charge in [0.15, 0.2) is 0 Å². The molecule has 0 aliphatic carbocycles. The molecule has 2 nitrogen and oxygen atoms in total.